The number of carbonyl (C=O) groups is 1. The van der Waals surface area contributed by atoms with Crippen molar-refractivity contribution in [1.29, 1.82) is 5.26 Å². The minimum absolute atomic E-state index is 0.106. The summed E-state index contributed by atoms with van der Waals surface area (Å²) in [5.41, 5.74) is 3.92. The Hall–Kier alpha value is -3.79. The average Bonchev–Trinajstić information content (AvgIpc) is 3.34. The second-order valence-electron chi connectivity index (χ2n) is 7.16. The minimum atomic E-state index is -0.329. The van der Waals surface area contributed by atoms with Crippen LogP contribution < -0.4 is 15.0 Å². The van der Waals surface area contributed by atoms with Gasteiger partial charge in [0.15, 0.2) is 5.69 Å². The number of likely N-dealkylation sites (N-methyl/N-ethyl adjacent to an activating group) is 1. The highest BCUT2D eigenvalue weighted by Gasteiger charge is 2.39. The summed E-state index contributed by atoms with van der Waals surface area (Å²) in [7, 11) is 1.64. The third-order valence-electron chi connectivity index (χ3n) is 5.38. The molecule has 30 heavy (non-hydrogen) atoms. The molecule has 0 fully saturated rings. The molecule has 1 aliphatic rings. The van der Waals surface area contributed by atoms with Crippen LogP contribution in [-0.2, 0) is 0 Å². The van der Waals surface area contributed by atoms with Crippen LogP contribution in [0, 0.1) is 18.3 Å². The summed E-state index contributed by atoms with van der Waals surface area (Å²) < 4.78 is 10.3. The Morgan fingerprint density at radius 2 is 2.03 bits per heavy atom. The first-order valence-electron chi connectivity index (χ1n) is 9.74. The van der Waals surface area contributed by atoms with Crippen LogP contribution in [0.15, 0.2) is 53.1 Å². The predicted octanol–water partition coefficient (Wildman–Crippen LogP) is 4.43. The zero-order chi connectivity index (χ0) is 21.3. The quantitative estimate of drug-likeness (QED) is 0.679. The van der Waals surface area contributed by atoms with Crippen LogP contribution >= 0.6 is 0 Å². The van der Waals surface area contributed by atoms with E-state index < -0.39 is 0 Å². The molecular weight excluding hydrogens is 380 g/mol. The summed E-state index contributed by atoms with van der Waals surface area (Å²) in [5, 5.41) is 16.5. The molecule has 2 atom stereocenters. The number of ether oxygens (including phenoxy) is 1. The van der Waals surface area contributed by atoms with Gasteiger partial charge < -0.3 is 19.5 Å². The zero-order valence-electron chi connectivity index (χ0n) is 17.0. The van der Waals surface area contributed by atoms with Crippen molar-refractivity contribution >= 4 is 17.3 Å². The largest absolute Gasteiger partial charge is 0.497 e. The van der Waals surface area contributed by atoms with Gasteiger partial charge in [0.25, 0.3) is 5.91 Å². The number of nitriles is 1. The van der Waals surface area contributed by atoms with Crippen molar-refractivity contribution in [1.82, 2.24) is 5.16 Å². The van der Waals surface area contributed by atoms with Crippen LogP contribution in [0.4, 0.5) is 11.4 Å². The maximum Gasteiger partial charge on any atom is 0.277 e. The van der Waals surface area contributed by atoms with Gasteiger partial charge in [-0.2, -0.15) is 5.26 Å². The number of hydrogen-bond acceptors (Lipinski definition) is 6. The van der Waals surface area contributed by atoms with Crippen LogP contribution in [0.25, 0.3) is 0 Å². The molecule has 3 aromatic rings. The highest BCUT2D eigenvalue weighted by Crippen LogP contribution is 2.49. The Labute approximate surface area is 174 Å². The molecule has 0 spiro atoms. The molecule has 1 aromatic heterocycles. The first-order valence-corrected chi connectivity index (χ1v) is 9.74. The van der Waals surface area contributed by atoms with Gasteiger partial charge in [-0.1, -0.05) is 23.4 Å². The molecule has 1 N–H and O–H groups in total. The predicted molar refractivity (Wildman–Crippen MR) is 113 cm³/mol. The number of anilines is 2. The Bertz CT molecular complexity index is 1110. The normalized spacial score (nSPS) is 17.3. The van der Waals surface area contributed by atoms with Crippen LogP contribution in [0.3, 0.4) is 0 Å². The number of hydrogen-bond donors (Lipinski definition) is 1. The Balaban J connectivity index is 1.60. The monoisotopic (exact) mass is 402 g/mol. The molecule has 7 nitrogen and oxygen atoms in total. The number of benzene rings is 2. The van der Waals surface area contributed by atoms with E-state index in [0.717, 1.165) is 29.1 Å². The molecule has 0 radical (unpaired) electrons. The van der Waals surface area contributed by atoms with Crippen molar-refractivity contribution in [2.75, 3.05) is 23.9 Å². The number of aryl methyl sites for hydroxylation is 1. The zero-order valence-corrected chi connectivity index (χ0v) is 17.0. The van der Waals surface area contributed by atoms with E-state index in [0.29, 0.717) is 11.4 Å². The number of methoxy groups -OCH3 is 1. The van der Waals surface area contributed by atoms with Gasteiger partial charge in [-0.15, -0.1) is 0 Å². The van der Waals surface area contributed by atoms with Gasteiger partial charge in [-0.05, 0) is 43.2 Å². The smallest absolute Gasteiger partial charge is 0.277 e. The lowest BCUT2D eigenvalue weighted by molar-refractivity contribution is 0.101. The molecule has 1 amide bonds. The van der Waals surface area contributed by atoms with Gasteiger partial charge in [0, 0.05) is 30.1 Å². The van der Waals surface area contributed by atoms with Gasteiger partial charge in [0.2, 0.25) is 0 Å². The summed E-state index contributed by atoms with van der Waals surface area (Å²) >= 11 is 0. The number of carbonyl (C=O) groups excluding carboxylic acids is 1. The second-order valence-corrected chi connectivity index (χ2v) is 7.16. The molecule has 2 heterocycles. The molecular formula is C23H22N4O3. The van der Waals surface area contributed by atoms with E-state index in [1.54, 1.807) is 20.1 Å². The van der Waals surface area contributed by atoms with E-state index >= 15 is 0 Å². The van der Waals surface area contributed by atoms with Gasteiger partial charge in [0.05, 0.1) is 25.1 Å². The molecule has 0 aliphatic carbocycles. The van der Waals surface area contributed by atoms with Crippen molar-refractivity contribution in [3.05, 3.63) is 71.1 Å². The van der Waals surface area contributed by atoms with Crippen molar-refractivity contribution in [2.45, 2.75) is 25.8 Å². The topological polar surface area (TPSA) is 91.4 Å². The third kappa shape index (κ3) is 3.37. The number of nitrogens with one attached hydrogen (secondary N) is 1. The summed E-state index contributed by atoms with van der Waals surface area (Å²) in [5.74, 6) is 0.732. The van der Waals surface area contributed by atoms with Gasteiger partial charge in [-0.3, -0.25) is 4.79 Å². The van der Waals surface area contributed by atoms with E-state index in [4.69, 9.17) is 9.26 Å². The highest BCUT2D eigenvalue weighted by molar-refractivity contribution is 6.02. The lowest BCUT2D eigenvalue weighted by Gasteiger charge is -2.28. The summed E-state index contributed by atoms with van der Waals surface area (Å²) in [6, 6.07) is 17.4. The third-order valence-corrected chi connectivity index (χ3v) is 5.38. The van der Waals surface area contributed by atoms with E-state index in [-0.39, 0.29) is 23.6 Å². The molecule has 2 unspecified atom stereocenters. The SMILES string of the molecule is CCN1c2cc(OC)ccc2C(C#N)C1c1ccc(NC(=O)c2cc(C)on2)cc1. The van der Waals surface area contributed by atoms with Crippen molar-refractivity contribution < 1.29 is 14.1 Å². The number of amides is 1. The van der Waals surface area contributed by atoms with E-state index in [1.807, 2.05) is 42.5 Å². The summed E-state index contributed by atoms with van der Waals surface area (Å²) in [4.78, 5) is 14.5. The number of aromatic nitrogens is 1. The molecule has 152 valence electrons. The van der Waals surface area contributed by atoms with Crippen LogP contribution in [0.2, 0.25) is 0 Å². The standard InChI is InChI=1S/C23H22N4O3/c1-4-27-21-12-17(29-3)9-10-18(21)19(13-24)22(27)15-5-7-16(8-6-15)25-23(28)20-11-14(2)30-26-20/h5-12,19,22H,4H2,1-3H3,(H,25,28). The van der Waals surface area contributed by atoms with Gasteiger partial charge in [0.1, 0.15) is 11.5 Å². The number of rotatable bonds is 5. The Morgan fingerprint density at radius 3 is 2.63 bits per heavy atom. The lowest BCUT2D eigenvalue weighted by Crippen LogP contribution is -2.26. The molecule has 1 aliphatic heterocycles. The van der Waals surface area contributed by atoms with Crippen molar-refractivity contribution in [2.24, 2.45) is 0 Å². The van der Waals surface area contributed by atoms with Crippen LogP contribution in [0.5, 0.6) is 5.75 Å². The lowest BCUT2D eigenvalue weighted by atomic mass is 9.91. The fourth-order valence-electron chi connectivity index (χ4n) is 3.97. The fourth-order valence-corrected chi connectivity index (χ4v) is 3.97. The average molecular weight is 402 g/mol. The van der Waals surface area contributed by atoms with E-state index in [9.17, 15) is 10.1 Å². The summed E-state index contributed by atoms with van der Waals surface area (Å²) in [6.45, 7) is 4.57. The maximum atomic E-state index is 12.3. The second kappa shape index (κ2) is 7.91. The van der Waals surface area contributed by atoms with Gasteiger partial charge >= 0.3 is 0 Å². The Kier molecular flexibility index (Phi) is 5.15. The Morgan fingerprint density at radius 1 is 1.27 bits per heavy atom. The number of fused-ring (bicyclic) bond motifs is 1. The first kappa shape index (κ1) is 19.5. The molecule has 0 saturated carbocycles. The first-order chi connectivity index (χ1) is 14.5. The molecule has 4 rings (SSSR count). The summed E-state index contributed by atoms with van der Waals surface area (Å²) in [6.07, 6.45) is 0. The van der Waals surface area contributed by atoms with E-state index in [2.05, 4.69) is 28.4 Å². The van der Waals surface area contributed by atoms with Crippen LogP contribution in [-0.4, -0.2) is 24.7 Å². The minimum Gasteiger partial charge on any atom is -0.497 e. The fraction of sp³-hybridized carbons (Fsp3) is 0.261. The molecule has 0 bridgehead atoms. The maximum absolute atomic E-state index is 12.3. The highest BCUT2D eigenvalue weighted by atomic mass is 16.5. The molecule has 7 heteroatoms. The molecule has 0 saturated heterocycles. The van der Waals surface area contributed by atoms with Crippen molar-refractivity contribution in [3.8, 4) is 11.8 Å². The van der Waals surface area contributed by atoms with Gasteiger partial charge in [-0.25, -0.2) is 0 Å². The van der Waals surface area contributed by atoms with E-state index in [1.165, 1.54) is 0 Å². The molecule has 2 aromatic carbocycles. The van der Waals surface area contributed by atoms with Crippen molar-refractivity contribution in [3.63, 3.8) is 0 Å². The van der Waals surface area contributed by atoms with Crippen LogP contribution in [0.1, 0.15) is 46.3 Å². The number of nitrogens with zero attached hydrogens (tertiary/aromatic N) is 3.